The van der Waals surface area contributed by atoms with Crippen LogP contribution in [0.15, 0.2) is 42.5 Å². The molecule has 2 aromatic rings. The average molecular weight is 329 g/mol. The first-order valence-corrected chi connectivity index (χ1v) is 8.28. The number of amides is 1. The lowest BCUT2D eigenvalue weighted by molar-refractivity contribution is -0.133. The van der Waals surface area contributed by atoms with Crippen LogP contribution in [0.4, 0.5) is 8.78 Å². The number of hydrogen-bond acceptors (Lipinski definition) is 1. The molecule has 1 amide bonds. The van der Waals surface area contributed by atoms with Gasteiger partial charge in [-0.3, -0.25) is 4.79 Å². The van der Waals surface area contributed by atoms with Crippen LogP contribution in [0.3, 0.4) is 0 Å². The normalized spacial score (nSPS) is 17.9. The Morgan fingerprint density at radius 3 is 2.67 bits per heavy atom. The van der Waals surface area contributed by atoms with Crippen molar-refractivity contribution >= 4 is 5.91 Å². The third-order valence-electron chi connectivity index (χ3n) is 5.02. The van der Waals surface area contributed by atoms with Gasteiger partial charge in [0.05, 0.1) is 12.0 Å². The topological polar surface area (TPSA) is 20.3 Å². The van der Waals surface area contributed by atoms with Gasteiger partial charge in [-0.25, -0.2) is 8.78 Å². The number of hydrogen-bond donors (Lipinski definition) is 0. The highest BCUT2D eigenvalue weighted by Gasteiger charge is 2.30. The van der Waals surface area contributed by atoms with Gasteiger partial charge in [0, 0.05) is 7.05 Å². The maximum Gasteiger partial charge on any atom is 0.230 e. The minimum atomic E-state index is -0.886. The molecule has 0 aliphatic heterocycles. The first-order valence-electron chi connectivity index (χ1n) is 8.28. The summed E-state index contributed by atoms with van der Waals surface area (Å²) in [5, 5.41) is 0. The smallest absolute Gasteiger partial charge is 0.230 e. The molecule has 0 heterocycles. The van der Waals surface area contributed by atoms with Crippen molar-refractivity contribution in [1.82, 2.24) is 4.90 Å². The van der Waals surface area contributed by atoms with E-state index in [2.05, 4.69) is 6.07 Å². The van der Waals surface area contributed by atoms with Gasteiger partial charge in [0.2, 0.25) is 5.91 Å². The zero-order valence-electron chi connectivity index (χ0n) is 13.9. The Balaban J connectivity index is 1.83. The number of carbonyl (C=O) groups is 1. The van der Waals surface area contributed by atoms with Gasteiger partial charge >= 0.3 is 0 Å². The van der Waals surface area contributed by atoms with Crippen molar-refractivity contribution in [3.8, 4) is 0 Å². The van der Waals surface area contributed by atoms with E-state index in [0.717, 1.165) is 30.9 Å². The summed E-state index contributed by atoms with van der Waals surface area (Å²) in [5.41, 5.74) is 2.92. The fourth-order valence-corrected chi connectivity index (χ4v) is 3.44. The van der Waals surface area contributed by atoms with Crippen LogP contribution in [0.5, 0.6) is 0 Å². The molecule has 2 atom stereocenters. The lowest BCUT2D eigenvalue weighted by Gasteiger charge is -2.32. The predicted octanol–water partition coefficient (Wildman–Crippen LogP) is 4.60. The maximum absolute atomic E-state index is 13.5. The SMILES string of the molecule is C[C@@H](c1ccc(F)c(F)c1)N(C)C(=O)[C@H]1CCCc2ccccc21. The van der Waals surface area contributed by atoms with Crippen LogP contribution >= 0.6 is 0 Å². The van der Waals surface area contributed by atoms with Crippen LogP contribution in [0.2, 0.25) is 0 Å². The lowest BCUT2D eigenvalue weighted by Crippen LogP contribution is -2.35. The zero-order valence-corrected chi connectivity index (χ0v) is 13.9. The maximum atomic E-state index is 13.5. The van der Waals surface area contributed by atoms with Crippen LogP contribution in [-0.2, 0) is 11.2 Å². The lowest BCUT2D eigenvalue weighted by atomic mass is 9.82. The van der Waals surface area contributed by atoms with E-state index < -0.39 is 11.6 Å². The van der Waals surface area contributed by atoms with Crippen molar-refractivity contribution in [2.24, 2.45) is 0 Å². The second-order valence-electron chi connectivity index (χ2n) is 6.44. The summed E-state index contributed by atoms with van der Waals surface area (Å²) in [7, 11) is 1.73. The molecule has 3 rings (SSSR count). The highest BCUT2D eigenvalue weighted by atomic mass is 19.2. The number of benzene rings is 2. The van der Waals surface area contributed by atoms with Crippen molar-refractivity contribution in [2.75, 3.05) is 7.05 Å². The molecule has 1 aliphatic carbocycles. The summed E-state index contributed by atoms with van der Waals surface area (Å²) in [5.74, 6) is -1.89. The molecule has 0 fully saturated rings. The number of nitrogens with zero attached hydrogens (tertiary/aromatic N) is 1. The van der Waals surface area contributed by atoms with Gasteiger partial charge in [0.15, 0.2) is 11.6 Å². The Bertz CT molecular complexity index is 759. The Morgan fingerprint density at radius 1 is 1.17 bits per heavy atom. The van der Waals surface area contributed by atoms with E-state index in [1.807, 2.05) is 25.1 Å². The van der Waals surface area contributed by atoms with Gasteiger partial charge in [-0.1, -0.05) is 30.3 Å². The van der Waals surface area contributed by atoms with Gasteiger partial charge < -0.3 is 4.90 Å². The highest BCUT2D eigenvalue weighted by Crippen LogP contribution is 2.34. The molecule has 0 unspecified atom stereocenters. The zero-order chi connectivity index (χ0) is 17.3. The molecule has 0 N–H and O–H groups in total. The third-order valence-corrected chi connectivity index (χ3v) is 5.02. The number of halogens is 2. The number of aryl methyl sites for hydroxylation is 1. The van der Waals surface area contributed by atoms with Crippen LogP contribution < -0.4 is 0 Å². The van der Waals surface area contributed by atoms with Gasteiger partial charge in [-0.2, -0.15) is 0 Å². The van der Waals surface area contributed by atoms with E-state index >= 15 is 0 Å². The minimum absolute atomic E-state index is 0.0272. The Morgan fingerprint density at radius 2 is 1.92 bits per heavy atom. The third kappa shape index (κ3) is 3.05. The van der Waals surface area contributed by atoms with Gasteiger partial charge in [-0.05, 0) is 55.0 Å². The van der Waals surface area contributed by atoms with Gasteiger partial charge in [-0.15, -0.1) is 0 Å². The minimum Gasteiger partial charge on any atom is -0.338 e. The standard InChI is InChI=1S/C20H21F2NO/c1-13(15-10-11-18(21)19(22)12-15)23(2)20(24)17-9-5-7-14-6-3-4-8-16(14)17/h3-4,6,8,10-13,17H,5,7,9H2,1-2H3/t13-,17-/m0/s1. The molecule has 126 valence electrons. The second kappa shape index (κ2) is 6.71. The molecule has 0 aromatic heterocycles. The first-order chi connectivity index (χ1) is 11.5. The van der Waals surface area contributed by atoms with Crippen molar-refractivity contribution in [2.45, 2.75) is 38.1 Å². The average Bonchev–Trinajstić information content (AvgIpc) is 2.61. The molecule has 0 saturated carbocycles. The fourth-order valence-electron chi connectivity index (χ4n) is 3.44. The van der Waals surface area contributed by atoms with E-state index in [4.69, 9.17) is 0 Å². The summed E-state index contributed by atoms with van der Waals surface area (Å²) in [6.07, 6.45) is 2.81. The van der Waals surface area contributed by atoms with Crippen molar-refractivity contribution in [1.29, 1.82) is 0 Å². The van der Waals surface area contributed by atoms with Crippen molar-refractivity contribution in [3.05, 3.63) is 70.8 Å². The number of rotatable bonds is 3. The largest absolute Gasteiger partial charge is 0.338 e. The first kappa shape index (κ1) is 16.6. The Kier molecular flexibility index (Phi) is 4.65. The van der Waals surface area contributed by atoms with E-state index in [9.17, 15) is 13.6 Å². The summed E-state index contributed by atoms with van der Waals surface area (Å²) in [6, 6.07) is 11.5. The van der Waals surface area contributed by atoms with Crippen molar-refractivity contribution in [3.63, 3.8) is 0 Å². The molecule has 0 spiro atoms. The van der Waals surface area contributed by atoms with Crippen LogP contribution in [0, 0.1) is 11.6 Å². The van der Waals surface area contributed by atoms with E-state index in [1.165, 1.54) is 17.7 Å². The predicted molar refractivity (Wildman–Crippen MR) is 89.7 cm³/mol. The summed E-state index contributed by atoms with van der Waals surface area (Å²) >= 11 is 0. The van der Waals surface area contributed by atoms with Crippen molar-refractivity contribution < 1.29 is 13.6 Å². The van der Waals surface area contributed by atoms with E-state index in [1.54, 1.807) is 11.9 Å². The molecular formula is C20H21F2NO. The molecule has 0 bridgehead atoms. The van der Waals surface area contributed by atoms with Crippen LogP contribution in [-0.4, -0.2) is 17.9 Å². The number of carbonyl (C=O) groups excluding carboxylic acids is 1. The molecule has 24 heavy (non-hydrogen) atoms. The van der Waals surface area contributed by atoms with Gasteiger partial charge in [0.25, 0.3) is 0 Å². The fraction of sp³-hybridized carbons (Fsp3) is 0.350. The van der Waals surface area contributed by atoms with Crippen LogP contribution in [0.1, 0.15) is 48.4 Å². The Labute approximate surface area is 141 Å². The monoisotopic (exact) mass is 329 g/mol. The summed E-state index contributed by atoms with van der Waals surface area (Å²) < 4.78 is 26.6. The molecule has 4 heteroatoms. The molecule has 0 radical (unpaired) electrons. The summed E-state index contributed by atoms with van der Waals surface area (Å²) in [4.78, 5) is 14.6. The number of fused-ring (bicyclic) bond motifs is 1. The molecule has 0 saturated heterocycles. The van der Waals surface area contributed by atoms with Crippen LogP contribution in [0.25, 0.3) is 0 Å². The molecule has 2 nitrogen and oxygen atoms in total. The van der Waals surface area contributed by atoms with E-state index in [0.29, 0.717) is 5.56 Å². The molecular weight excluding hydrogens is 308 g/mol. The van der Waals surface area contributed by atoms with Gasteiger partial charge in [0.1, 0.15) is 0 Å². The van der Waals surface area contributed by atoms with E-state index in [-0.39, 0.29) is 17.9 Å². The number of likely N-dealkylation sites (N-methyl/N-ethyl adjacent to an activating group) is 1. The summed E-state index contributed by atoms with van der Waals surface area (Å²) in [6.45, 7) is 1.83. The second-order valence-corrected chi connectivity index (χ2v) is 6.44. The quantitative estimate of drug-likeness (QED) is 0.805. The highest BCUT2D eigenvalue weighted by molar-refractivity contribution is 5.84. The Hall–Kier alpha value is -2.23. The molecule has 1 aliphatic rings. The molecule has 2 aromatic carbocycles.